The monoisotopic (exact) mass is 454 g/mol. The van der Waals surface area contributed by atoms with Gasteiger partial charge in [-0.1, -0.05) is 54.6 Å². The number of amides is 1. The van der Waals surface area contributed by atoms with Crippen LogP contribution in [0, 0.1) is 0 Å². The van der Waals surface area contributed by atoms with E-state index in [9.17, 15) is 22.8 Å². The molecule has 1 atom stereocenters. The maximum atomic E-state index is 13.5. The topological polar surface area (TPSA) is 97.9 Å². The van der Waals surface area contributed by atoms with E-state index in [2.05, 4.69) is 9.98 Å². The number of nitrogens with two attached hydrogens (primary N) is 1. The minimum Gasteiger partial charge on any atom is -0.419 e. The number of pyridine rings is 1. The number of aliphatic imine (C=N–C) groups is 1. The third-order valence-electron chi connectivity index (χ3n) is 5.24. The number of ether oxygens (including phenoxy) is 1. The van der Waals surface area contributed by atoms with Crippen LogP contribution in [0.3, 0.4) is 0 Å². The number of guanidine groups is 1. The van der Waals surface area contributed by atoms with Gasteiger partial charge in [0.05, 0.1) is 0 Å². The van der Waals surface area contributed by atoms with Crippen molar-refractivity contribution in [2.24, 2.45) is 10.7 Å². The number of alkyl halides is 3. The van der Waals surface area contributed by atoms with Crippen LogP contribution < -0.4 is 10.5 Å². The van der Waals surface area contributed by atoms with Gasteiger partial charge in [0.25, 0.3) is 5.91 Å². The summed E-state index contributed by atoms with van der Waals surface area (Å²) in [5, 5.41) is 0. The molecule has 4 rings (SSSR count). The van der Waals surface area contributed by atoms with Crippen molar-refractivity contribution in [3.63, 3.8) is 0 Å². The van der Waals surface area contributed by atoms with Crippen LogP contribution in [0.5, 0.6) is 5.75 Å². The Balaban J connectivity index is 2.05. The summed E-state index contributed by atoms with van der Waals surface area (Å²) in [5.41, 5.74) is 4.87. The first-order valence-electron chi connectivity index (χ1n) is 9.68. The van der Waals surface area contributed by atoms with E-state index in [4.69, 9.17) is 10.5 Å². The molecule has 3 aromatic rings. The SMILES string of the molecule is CN1C(=O)C(c2ccccc2)(c2cccc(-c3cccnc3)c2OC(=O)C(F)(F)F)N=C1N. The number of nitrogens with zero attached hydrogens (tertiary/aromatic N) is 3. The Morgan fingerprint density at radius 3 is 2.36 bits per heavy atom. The molecule has 0 spiro atoms. The molecule has 2 heterocycles. The van der Waals surface area contributed by atoms with E-state index in [1.54, 1.807) is 42.5 Å². The predicted octanol–water partition coefficient (Wildman–Crippen LogP) is 3.25. The Kier molecular flexibility index (Phi) is 5.36. The van der Waals surface area contributed by atoms with E-state index < -0.39 is 29.3 Å². The van der Waals surface area contributed by atoms with Gasteiger partial charge in [0, 0.05) is 36.1 Å². The third-order valence-corrected chi connectivity index (χ3v) is 5.24. The molecular formula is C23H17F3N4O3. The van der Waals surface area contributed by atoms with Crippen molar-refractivity contribution in [3.8, 4) is 16.9 Å². The molecule has 2 aromatic carbocycles. The van der Waals surface area contributed by atoms with Crippen LogP contribution in [0.2, 0.25) is 0 Å². The van der Waals surface area contributed by atoms with Crippen LogP contribution in [0.25, 0.3) is 11.1 Å². The fraction of sp³-hybridized carbons (Fsp3) is 0.130. The second-order valence-corrected chi connectivity index (χ2v) is 7.22. The summed E-state index contributed by atoms with van der Waals surface area (Å²) >= 11 is 0. The number of esters is 1. The molecule has 10 heteroatoms. The second kappa shape index (κ2) is 8.05. The number of rotatable bonds is 4. The maximum Gasteiger partial charge on any atom is 0.491 e. The molecule has 0 saturated carbocycles. The molecule has 0 saturated heterocycles. The summed E-state index contributed by atoms with van der Waals surface area (Å²) in [6.45, 7) is 0. The molecule has 0 fully saturated rings. The molecule has 33 heavy (non-hydrogen) atoms. The van der Waals surface area contributed by atoms with Gasteiger partial charge in [-0.3, -0.25) is 14.7 Å². The second-order valence-electron chi connectivity index (χ2n) is 7.22. The van der Waals surface area contributed by atoms with Gasteiger partial charge in [0.1, 0.15) is 5.75 Å². The van der Waals surface area contributed by atoms with Crippen molar-refractivity contribution in [1.29, 1.82) is 0 Å². The quantitative estimate of drug-likeness (QED) is 0.482. The molecule has 168 valence electrons. The van der Waals surface area contributed by atoms with Crippen LogP contribution >= 0.6 is 0 Å². The summed E-state index contributed by atoms with van der Waals surface area (Å²) in [6, 6.07) is 15.8. The summed E-state index contributed by atoms with van der Waals surface area (Å²) in [4.78, 5) is 34.8. The summed E-state index contributed by atoms with van der Waals surface area (Å²) in [5.74, 6) is -3.64. The Morgan fingerprint density at radius 2 is 1.79 bits per heavy atom. The van der Waals surface area contributed by atoms with Gasteiger partial charge in [-0.05, 0) is 11.6 Å². The molecule has 1 aromatic heterocycles. The van der Waals surface area contributed by atoms with Gasteiger partial charge in [-0.2, -0.15) is 13.2 Å². The third kappa shape index (κ3) is 3.69. The van der Waals surface area contributed by atoms with Crippen molar-refractivity contribution in [2.75, 3.05) is 7.05 Å². The molecule has 0 radical (unpaired) electrons. The van der Waals surface area contributed by atoms with Crippen molar-refractivity contribution >= 4 is 17.8 Å². The average Bonchev–Trinajstić information content (AvgIpc) is 3.04. The average molecular weight is 454 g/mol. The minimum absolute atomic E-state index is 0.0649. The van der Waals surface area contributed by atoms with Crippen LogP contribution in [0.4, 0.5) is 13.2 Å². The molecule has 0 aliphatic carbocycles. The molecular weight excluding hydrogens is 437 g/mol. The number of para-hydroxylation sites is 1. The van der Waals surface area contributed by atoms with E-state index in [0.29, 0.717) is 11.1 Å². The smallest absolute Gasteiger partial charge is 0.419 e. The lowest BCUT2D eigenvalue weighted by Crippen LogP contribution is -2.41. The minimum atomic E-state index is -5.27. The number of likely N-dealkylation sites (N-methyl/N-ethyl adjacent to an activating group) is 1. The summed E-state index contributed by atoms with van der Waals surface area (Å²) < 4.78 is 44.5. The van der Waals surface area contributed by atoms with Crippen molar-refractivity contribution in [2.45, 2.75) is 11.7 Å². The largest absolute Gasteiger partial charge is 0.491 e. The first-order valence-corrected chi connectivity index (χ1v) is 9.68. The van der Waals surface area contributed by atoms with Gasteiger partial charge in [-0.25, -0.2) is 9.79 Å². The van der Waals surface area contributed by atoms with Crippen molar-refractivity contribution < 1.29 is 27.5 Å². The fourth-order valence-corrected chi connectivity index (χ4v) is 3.67. The van der Waals surface area contributed by atoms with E-state index in [1.807, 2.05) is 0 Å². The van der Waals surface area contributed by atoms with Crippen LogP contribution in [0.1, 0.15) is 11.1 Å². The Hall–Kier alpha value is -4.21. The summed E-state index contributed by atoms with van der Waals surface area (Å²) in [7, 11) is 1.40. The van der Waals surface area contributed by atoms with Crippen LogP contribution in [0.15, 0.2) is 78.0 Å². The first kappa shape index (κ1) is 22.0. The zero-order valence-corrected chi connectivity index (χ0v) is 17.2. The molecule has 1 aliphatic heterocycles. The Bertz CT molecular complexity index is 1250. The lowest BCUT2D eigenvalue weighted by molar-refractivity contribution is -0.189. The standard InChI is InChI=1S/C23H17F3N4O3/c1-30-19(31)22(29-21(30)27,15-8-3-2-4-9-15)17-11-5-10-16(14-7-6-12-28-13-14)18(17)33-20(32)23(24,25)26/h2-13H,1H3,(H2,27,29). The number of benzene rings is 2. The molecule has 7 nitrogen and oxygen atoms in total. The normalized spacial score (nSPS) is 18.2. The number of hydrogen-bond acceptors (Lipinski definition) is 6. The number of carbonyl (C=O) groups excluding carboxylic acids is 2. The van der Waals surface area contributed by atoms with Gasteiger partial charge in [0.15, 0.2) is 11.5 Å². The highest BCUT2D eigenvalue weighted by Gasteiger charge is 2.52. The highest BCUT2D eigenvalue weighted by atomic mass is 19.4. The number of halogens is 3. The summed E-state index contributed by atoms with van der Waals surface area (Å²) in [6.07, 6.45) is -2.38. The fourth-order valence-electron chi connectivity index (χ4n) is 3.67. The van der Waals surface area contributed by atoms with Gasteiger partial charge < -0.3 is 10.5 Å². The number of aromatic nitrogens is 1. The highest BCUT2D eigenvalue weighted by molar-refractivity contribution is 6.09. The Morgan fingerprint density at radius 1 is 1.06 bits per heavy atom. The number of carbonyl (C=O) groups is 2. The lowest BCUT2D eigenvalue weighted by atomic mass is 9.81. The molecule has 2 N–H and O–H groups in total. The molecule has 1 aliphatic rings. The zero-order valence-electron chi connectivity index (χ0n) is 17.2. The lowest BCUT2D eigenvalue weighted by Gasteiger charge is -2.28. The molecule has 1 amide bonds. The van der Waals surface area contributed by atoms with Crippen LogP contribution in [-0.4, -0.2) is 40.9 Å². The van der Waals surface area contributed by atoms with Gasteiger partial charge >= 0.3 is 12.1 Å². The van der Waals surface area contributed by atoms with E-state index >= 15 is 0 Å². The van der Waals surface area contributed by atoms with Gasteiger partial charge in [0.2, 0.25) is 0 Å². The molecule has 0 bridgehead atoms. The number of hydrogen-bond donors (Lipinski definition) is 1. The van der Waals surface area contributed by atoms with Gasteiger partial charge in [-0.15, -0.1) is 0 Å². The van der Waals surface area contributed by atoms with E-state index in [-0.39, 0.29) is 17.1 Å². The van der Waals surface area contributed by atoms with E-state index in [0.717, 1.165) is 4.90 Å². The predicted molar refractivity (Wildman–Crippen MR) is 113 cm³/mol. The molecule has 1 unspecified atom stereocenters. The van der Waals surface area contributed by atoms with E-state index in [1.165, 1.54) is 37.6 Å². The maximum absolute atomic E-state index is 13.5. The van der Waals surface area contributed by atoms with Crippen molar-refractivity contribution in [3.05, 3.63) is 84.2 Å². The highest BCUT2D eigenvalue weighted by Crippen LogP contribution is 2.47. The first-order chi connectivity index (χ1) is 15.7. The van der Waals surface area contributed by atoms with Crippen LogP contribution in [-0.2, 0) is 15.1 Å². The van der Waals surface area contributed by atoms with Crippen molar-refractivity contribution in [1.82, 2.24) is 9.88 Å². The zero-order chi connectivity index (χ0) is 23.8. The Labute approximate surface area is 186 Å².